The molecule has 0 unspecified atom stereocenters. The first-order valence-corrected chi connectivity index (χ1v) is 5.96. The van der Waals surface area contributed by atoms with E-state index < -0.39 is 0 Å². The zero-order valence-corrected chi connectivity index (χ0v) is 9.80. The van der Waals surface area contributed by atoms with Gasteiger partial charge in [-0.05, 0) is 38.6 Å². The Morgan fingerprint density at radius 3 is 3.00 bits per heavy atom. The van der Waals surface area contributed by atoms with Gasteiger partial charge in [-0.1, -0.05) is 6.42 Å². The number of rotatable bonds is 1. The summed E-state index contributed by atoms with van der Waals surface area (Å²) >= 11 is 0. The number of hydrogen-bond donors (Lipinski definition) is 0. The molecular formula is C12H15FN4. The lowest BCUT2D eigenvalue weighted by Gasteiger charge is -2.30. The summed E-state index contributed by atoms with van der Waals surface area (Å²) in [7, 11) is 2.09. The lowest BCUT2D eigenvalue weighted by atomic mass is 10.0. The van der Waals surface area contributed by atoms with Crippen LogP contribution >= 0.6 is 0 Å². The van der Waals surface area contributed by atoms with Gasteiger partial charge in [-0.25, -0.2) is 4.39 Å². The molecule has 5 heteroatoms. The molecule has 1 saturated heterocycles. The van der Waals surface area contributed by atoms with Gasteiger partial charge in [0.1, 0.15) is 5.82 Å². The molecule has 3 heterocycles. The first kappa shape index (κ1) is 10.7. The van der Waals surface area contributed by atoms with Crippen LogP contribution in [0.3, 0.4) is 0 Å². The van der Waals surface area contributed by atoms with E-state index in [4.69, 9.17) is 0 Å². The van der Waals surface area contributed by atoms with Crippen LogP contribution in [0.15, 0.2) is 18.3 Å². The highest BCUT2D eigenvalue weighted by Gasteiger charge is 2.25. The summed E-state index contributed by atoms with van der Waals surface area (Å²) in [4.78, 5) is 2.27. The summed E-state index contributed by atoms with van der Waals surface area (Å²) in [6.45, 7) is 1.06. The number of halogens is 1. The van der Waals surface area contributed by atoms with Crippen LogP contribution in [0.5, 0.6) is 0 Å². The van der Waals surface area contributed by atoms with Gasteiger partial charge in [0.25, 0.3) is 0 Å². The highest BCUT2D eigenvalue weighted by molar-refractivity contribution is 5.38. The molecule has 0 amide bonds. The van der Waals surface area contributed by atoms with Gasteiger partial charge in [-0.2, -0.15) is 0 Å². The van der Waals surface area contributed by atoms with Crippen molar-refractivity contribution in [2.45, 2.75) is 25.3 Å². The zero-order chi connectivity index (χ0) is 11.8. The summed E-state index contributed by atoms with van der Waals surface area (Å²) in [5.41, 5.74) is 0.709. The van der Waals surface area contributed by atoms with Crippen molar-refractivity contribution in [3.05, 3.63) is 30.0 Å². The highest BCUT2D eigenvalue weighted by Crippen LogP contribution is 2.28. The molecule has 0 aliphatic carbocycles. The fourth-order valence-electron chi connectivity index (χ4n) is 2.51. The Balaban J connectivity index is 2.07. The molecule has 0 spiro atoms. The lowest BCUT2D eigenvalue weighted by Crippen LogP contribution is -2.30. The number of fused-ring (bicyclic) bond motifs is 1. The van der Waals surface area contributed by atoms with E-state index in [2.05, 4.69) is 22.1 Å². The highest BCUT2D eigenvalue weighted by atomic mass is 19.1. The van der Waals surface area contributed by atoms with Crippen molar-refractivity contribution in [3.8, 4) is 0 Å². The lowest BCUT2D eigenvalue weighted by molar-refractivity contribution is 0.178. The van der Waals surface area contributed by atoms with E-state index in [1.807, 2.05) is 0 Å². The molecule has 1 atom stereocenters. The minimum absolute atomic E-state index is 0.251. The van der Waals surface area contributed by atoms with Crippen molar-refractivity contribution in [3.63, 3.8) is 0 Å². The second kappa shape index (κ2) is 4.07. The molecule has 1 aliphatic heterocycles. The zero-order valence-electron chi connectivity index (χ0n) is 9.80. The van der Waals surface area contributed by atoms with Gasteiger partial charge in [0.05, 0.1) is 6.04 Å². The number of nitrogens with zero attached hydrogens (tertiary/aromatic N) is 4. The van der Waals surface area contributed by atoms with Crippen LogP contribution in [-0.2, 0) is 0 Å². The second-order valence-corrected chi connectivity index (χ2v) is 4.63. The van der Waals surface area contributed by atoms with E-state index in [9.17, 15) is 4.39 Å². The normalized spacial score (nSPS) is 22.1. The monoisotopic (exact) mass is 234 g/mol. The molecule has 3 rings (SSSR count). The Labute approximate surface area is 99.1 Å². The Bertz CT molecular complexity index is 536. The SMILES string of the molecule is CN1CCCC[C@H]1c1nnc2ccc(F)cn12. The van der Waals surface area contributed by atoms with Crippen molar-refractivity contribution in [2.24, 2.45) is 0 Å². The molecular weight excluding hydrogens is 219 g/mol. The van der Waals surface area contributed by atoms with Crippen molar-refractivity contribution >= 4 is 5.65 Å². The van der Waals surface area contributed by atoms with Gasteiger partial charge < -0.3 is 0 Å². The van der Waals surface area contributed by atoms with Gasteiger partial charge in [-0.15, -0.1) is 10.2 Å². The Morgan fingerprint density at radius 1 is 1.29 bits per heavy atom. The summed E-state index contributed by atoms with van der Waals surface area (Å²) in [6.07, 6.45) is 4.94. The van der Waals surface area contributed by atoms with E-state index in [0.717, 1.165) is 18.8 Å². The minimum atomic E-state index is -0.253. The van der Waals surface area contributed by atoms with Crippen LogP contribution in [0, 0.1) is 5.82 Å². The third kappa shape index (κ3) is 1.80. The fourth-order valence-corrected chi connectivity index (χ4v) is 2.51. The third-order valence-electron chi connectivity index (χ3n) is 3.46. The Morgan fingerprint density at radius 2 is 2.18 bits per heavy atom. The topological polar surface area (TPSA) is 33.4 Å². The quantitative estimate of drug-likeness (QED) is 0.757. The summed E-state index contributed by atoms with van der Waals surface area (Å²) in [5, 5.41) is 8.30. The largest absolute Gasteiger partial charge is 0.296 e. The smallest absolute Gasteiger partial charge is 0.160 e. The van der Waals surface area contributed by atoms with E-state index in [1.54, 1.807) is 10.5 Å². The van der Waals surface area contributed by atoms with Gasteiger partial charge in [0.15, 0.2) is 11.5 Å². The van der Waals surface area contributed by atoms with Crippen molar-refractivity contribution in [1.82, 2.24) is 19.5 Å². The predicted molar refractivity (Wildman–Crippen MR) is 62.2 cm³/mol. The fraction of sp³-hybridized carbons (Fsp3) is 0.500. The van der Waals surface area contributed by atoms with Crippen LogP contribution < -0.4 is 0 Å². The van der Waals surface area contributed by atoms with E-state index in [1.165, 1.54) is 25.1 Å². The molecule has 2 aromatic rings. The number of pyridine rings is 1. The number of aromatic nitrogens is 3. The van der Waals surface area contributed by atoms with Crippen LogP contribution in [0.25, 0.3) is 5.65 Å². The maximum Gasteiger partial charge on any atom is 0.160 e. The minimum Gasteiger partial charge on any atom is -0.296 e. The van der Waals surface area contributed by atoms with Crippen LogP contribution in [0.4, 0.5) is 4.39 Å². The van der Waals surface area contributed by atoms with E-state index >= 15 is 0 Å². The van der Waals surface area contributed by atoms with E-state index in [-0.39, 0.29) is 11.9 Å². The number of likely N-dealkylation sites (tertiary alicyclic amines) is 1. The Hall–Kier alpha value is -1.49. The molecule has 0 radical (unpaired) electrons. The summed E-state index contributed by atoms with van der Waals surface area (Å²) < 4.78 is 15.0. The molecule has 0 aromatic carbocycles. The molecule has 2 aromatic heterocycles. The van der Waals surface area contributed by atoms with Crippen LogP contribution in [-0.4, -0.2) is 33.1 Å². The maximum absolute atomic E-state index is 13.3. The summed E-state index contributed by atoms with van der Waals surface area (Å²) in [5.74, 6) is 0.596. The van der Waals surface area contributed by atoms with Crippen molar-refractivity contribution < 1.29 is 4.39 Å². The molecule has 1 aliphatic rings. The third-order valence-corrected chi connectivity index (χ3v) is 3.46. The first-order chi connectivity index (χ1) is 8.25. The molecule has 0 saturated carbocycles. The average Bonchev–Trinajstić information content (AvgIpc) is 2.72. The standard InChI is InChI=1S/C12H15FN4/c1-16-7-3-2-4-10(16)12-15-14-11-6-5-9(13)8-17(11)12/h5-6,8,10H,2-4,7H2,1H3/t10-/m0/s1. The summed E-state index contributed by atoms with van der Waals surface area (Å²) in [6, 6.07) is 3.33. The van der Waals surface area contributed by atoms with Gasteiger partial charge in [-0.3, -0.25) is 9.30 Å². The first-order valence-electron chi connectivity index (χ1n) is 5.96. The number of piperidine rings is 1. The molecule has 1 fully saturated rings. The molecule has 4 nitrogen and oxygen atoms in total. The van der Waals surface area contributed by atoms with Gasteiger partial charge >= 0.3 is 0 Å². The van der Waals surface area contributed by atoms with Crippen molar-refractivity contribution in [2.75, 3.05) is 13.6 Å². The van der Waals surface area contributed by atoms with Crippen LogP contribution in [0.1, 0.15) is 31.1 Å². The van der Waals surface area contributed by atoms with Gasteiger partial charge in [0, 0.05) is 6.20 Å². The van der Waals surface area contributed by atoms with Crippen LogP contribution in [0.2, 0.25) is 0 Å². The van der Waals surface area contributed by atoms with Crippen molar-refractivity contribution in [1.29, 1.82) is 0 Å². The molecule has 0 bridgehead atoms. The average molecular weight is 234 g/mol. The number of hydrogen-bond acceptors (Lipinski definition) is 3. The molecule has 0 N–H and O–H groups in total. The predicted octanol–water partition coefficient (Wildman–Crippen LogP) is 2.03. The molecule has 17 heavy (non-hydrogen) atoms. The van der Waals surface area contributed by atoms with E-state index in [0.29, 0.717) is 5.65 Å². The maximum atomic E-state index is 13.3. The second-order valence-electron chi connectivity index (χ2n) is 4.63. The molecule has 90 valence electrons. The Kier molecular flexibility index (Phi) is 2.55. The van der Waals surface area contributed by atoms with Gasteiger partial charge in [0.2, 0.25) is 0 Å².